The summed E-state index contributed by atoms with van der Waals surface area (Å²) < 4.78 is 36.9. The Morgan fingerprint density at radius 2 is 1.18 bits per heavy atom. The molecule has 0 radical (unpaired) electrons. The van der Waals surface area contributed by atoms with E-state index in [4.69, 9.17) is 33.2 Å². The van der Waals surface area contributed by atoms with Crippen LogP contribution >= 0.6 is 0 Å². The molecule has 0 atom stereocenters. The molecular formula is C23H35N3O12. The summed E-state index contributed by atoms with van der Waals surface area (Å²) in [5.74, 6) is -0.479. The number of nitrogens with zero attached hydrogens (tertiary/aromatic N) is 2. The third-order valence-corrected chi connectivity index (χ3v) is 4.45. The molecule has 0 aromatic heterocycles. The zero-order chi connectivity index (χ0) is 27.8. The van der Waals surface area contributed by atoms with Gasteiger partial charge in [-0.15, -0.1) is 0 Å². The van der Waals surface area contributed by atoms with E-state index in [1.165, 1.54) is 12.1 Å². The number of carbonyl (C=O) groups excluding carboxylic acids is 1. The first-order chi connectivity index (χ1) is 18.5. The molecule has 1 aromatic carbocycles. The largest absolute Gasteiger partial charge is 0.460 e. The lowest BCUT2D eigenvalue weighted by atomic mass is 10.2. The fraction of sp³-hybridized carbons (Fsp3) is 0.609. The number of nitro groups is 2. The second-order valence-corrected chi connectivity index (χ2v) is 7.19. The van der Waals surface area contributed by atoms with Crippen LogP contribution in [0.4, 0.5) is 17.1 Å². The highest BCUT2D eigenvalue weighted by molar-refractivity contribution is 5.81. The van der Waals surface area contributed by atoms with Gasteiger partial charge in [0.05, 0.1) is 95.2 Å². The standard InChI is InChI=1S/C23H35N3O12/c1-2-23(27)38-18-17-37-16-15-36-14-13-35-12-11-34-10-9-33-8-7-32-6-5-24-21-4-3-20(25(28)29)19-22(21)26(30)31/h2-4,19,24H,1,5-18H2. The van der Waals surface area contributed by atoms with Crippen molar-refractivity contribution in [1.82, 2.24) is 0 Å². The summed E-state index contributed by atoms with van der Waals surface area (Å²) in [6.07, 6.45) is 1.09. The summed E-state index contributed by atoms with van der Waals surface area (Å²) in [4.78, 5) is 31.3. The molecule has 0 amide bonds. The Bertz CT molecular complexity index is 840. The third-order valence-electron chi connectivity index (χ3n) is 4.45. The van der Waals surface area contributed by atoms with Crippen LogP contribution in [0.2, 0.25) is 0 Å². The Kier molecular flexibility index (Phi) is 18.9. The Hall–Kier alpha value is -3.21. The van der Waals surface area contributed by atoms with Crippen molar-refractivity contribution in [2.45, 2.75) is 0 Å². The highest BCUT2D eigenvalue weighted by atomic mass is 16.6. The van der Waals surface area contributed by atoms with Gasteiger partial charge in [-0.05, 0) is 6.07 Å². The van der Waals surface area contributed by atoms with Crippen LogP contribution in [0.25, 0.3) is 0 Å². The maximum Gasteiger partial charge on any atom is 0.330 e. The highest BCUT2D eigenvalue weighted by Crippen LogP contribution is 2.28. The Balaban J connectivity index is 1.85. The number of hydrogen-bond donors (Lipinski definition) is 1. The quantitative estimate of drug-likeness (QED) is 0.0617. The number of hydrogen-bond acceptors (Lipinski definition) is 13. The van der Waals surface area contributed by atoms with Crippen molar-refractivity contribution in [3.8, 4) is 0 Å². The summed E-state index contributed by atoms with van der Waals surface area (Å²) in [6.45, 7) is 8.34. The van der Waals surface area contributed by atoms with Crippen LogP contribution in [0, 0.1) is 20.2 Å². The molecule has 0 bridgehead atoms. The average Bonchev–Trinajstić information content (AvgIpc) is 2.91. The lowest BCUT2D eigenvalue weighted by Gasteiger charge is -2.09. The molecule has 0 aliphatic carbocycles. The number of nitro benzene ring substituents is 2. The van der Waals surface area contributed by atoms with Crippen molar-refractivity contribution in [3.05, 3.63) is 51.1 Å². The van der Waals surface area contributed by atoms with E-state index >= 15 is 0 Å². The Labute approximate surface area is 220 Å². The topological polar surface area (TPSA) is 180 Å². The van der Waals surface area contributed by atoms with Gasteiger partial charge in [0.25, 0.3) is 11.4 Å². The lowest BCUT2D eigenvalue weighted by molar-refractivity contribution is -0.393. The molecule has 0 unspecified atom stereocenters. The van der Waals surface area contributed by atoms with Gasteiger partial charge in [-0.1, -0.05) is 6.58 Å². The molecule has 0 fully saturated rings. The molecule has 1 N–H and O–H groups in total. The minimum absolute atomic E-state index is 0.175. The van der Waals surface area contributed by atoms with Gasteiger partial charge < -0.3 is 38.5 Å². The van der Waals surface area contributed by atoms with Crippen LogP contribution in [0.1, 0.15) is 0 Å². The second-order valence-electron chi connectivity index (χ2n) is 7.19. The first-order valence-corrected chi connectivity index (χ1v) is 11.9. The number of esters is 1. The van der Waals surface area contributed by atoms with Crippen molar-refractivity contribution >= 4 is 23.0 Å². The molecule has 0 saturated carbocycles. The molecular weight excluding hydrogens is 510 g/mol. The van der Waals surface area contributed by atoms with Gasteiger partial charge in [0, 0.05) is 18.7 Å². The molecule has 38 heavy (non-hydrogen) atoms. The molecule has 0 aliphatic rings. The Morgan fingerprint density at radius 1 is 0.737 bits per heavy atom. The van der Waals surface area contributed by atoms with Crippen LogP contribution in [0.5, 0.6) is 0 Å². The number of rotatable bonds is 25. The first kappa shape index (κ1) is 32.8. The maximum atomic E-state index is 11.1. The molecule has 15 heteroatoms. The second kappa shape index (κ2) is 21.8. The van der Waals surface area contributed by atoms with E-state index in [2.05, 4.69) is 11.9 Å². The predicted octanol–water partition coefficient (Wildman–Crippen LogP) is 1.74. The van der Waals surface area contributed by atoms with E-state index in [1.54, 1.807) is 0 Å². The Morgan fingerprint density at radius 3 is 1.61 bits per heavy atom. The van der Waals surface area contributed by atoms with Crippen LogP contribution in [-0.4, -0.2) is 108 Å². The summed E-state index contributed by atoms with van der Waals surface area (Å²) >= 11 is 0. The molecule has 0 aliphatic heterocycles. The number of nitrogens with one attached hydrogen (secondary N) is 1. The van der Waals surface area contributed by atoms with Gasteiger partial charge in [0.15, 0.2) is 0 Å². The van der Waals surface area contributed by atoms with Crippen molar-refractivity contribution < 1.29 is 47.8 Å². The highest BCUT2D eigenvalue weighted by Gasteiger charge is 2.18. The minimum atomic E-state index is -0.687. The van der Waals surface area contributed by atoms with Gasteiger partial charge in [-0.2, -0.15) is 0 Å². The SMILES string of the molecule is C=CC(=O)OCCOCCOCCOCCOCCOCCOCCNc1ccc([N+](=O)[O-])cc1[N+](=O)[O-]. The summed E-state index contributed by atoms with van der Waals surface area (Å²) in [7, 11) is 0. The van der Waals surface area contributed by atoms with Crippen LogP contribution in [0.15, 0.2) is 30.9 Å². The number of carbonyl (C=O) groups is 1. The van der Waals surface area contributed by atoms with Crippen molar-refractivity contribution in [3.63, 3.8) is 0 Å². The molecule has 1 aromatic rings. The summed E-state index contributed by atoms with van der Waals surface area (Å²) in [5.41, 5.74) is -0.536. The average molecular weight is 546 g/mol. The van der Waals surface area contributed by atoms with Crippen molar-refractivity contribution in [1.29, 1.82) is 0 Å². The normalized spacial score (nSPS) is 10.7. The first-order valence-electron chi connectivity index (χ1n) is 11.9. The molecule has 15 nitrogen and oxygen atoms in total. The molecule has 214 valence electrons. The smallest absolute Gasteiger partial charge is 0.330 e. The molecule has 0 spiro atoms. The van der Waals surface area contributed by atoms with Crippen molar-refractivity contribution in [2.24, 2.45) is 0 Å². The van der Waals surface area contributed by atoms with Gasteiger partial charge in [-0.25, -0.2) is 4.79 Å². The number of benzene rings is 1. The number of ether oxygens (including phenoxy) is 7. The zero-order valence-electron chi connectivity index (χ0n) is 21.2. The predicted molar refractivity (Wildman–Crippen MR) is 134 cm³/mol. The third kappa shape index (κ3) is 16.5. The van der Waals surface area contributed by atoms with E-state index in [1.807, 2.05) is 0 Å². The van der Waals surface area contributed by atoms with E-state index in [9.17, 15) is 25.0 Å². The van der Waals surface area contributed by atoms with Gasteiger partial charge >= 0.3 is 5.97 Å². The lowest BCUT2D eigenvalue weighted by Crippen LogP contribution is -2.15. The maximum absolute atomic E-state index is 11.1. The van der Waals surface area contributed by atoms with Crippen LogP contribution in [0.3, 0.4) is 0 Å². The van der Waals surface area contributed by atoms with Crippen molar-refractivity contribution in [2.75, 3.05) is 97.8 Å². The van der Waals surface area contributed by atoms with Gasteiger partial charge in [0.2, 0.25) is 0 Å². The van der Waals surface area contributed by atoms with E-state index in [0.717, 1.165) is 12.1 Å². The summed E-state index contributed by atoms with van der Waals surface area (Å²) in [5, 5.41) is 24.7. The number of anilines is 1. The van der Waals surface area contributed by atoms with Gasteiger partial charge in [-0.3, -0.25) is 20.2 Å². The van der Waals surface area contributed by atoms with Crippen LogP contribution in [-0.2, 0) is 38.0 Å². The van der Waals surface area contributed by atoms with E-state index in [-0.39, 0.29) is 36.8 Å². The minimum Gasteiger partial charge on any atom is -0.460 e. The number of non-ortho nitro benzene ring substituents is 1. The summed E-state index contributed by atoms with van der Waals surface area (Å²) in [6, 6.07) is 3.41. The molecule has 0 heterocycles. The van der Waals surface area contributed by atoms with E-state index in [0.29, 0.717) is 72.7 Å². The van der Waals surface area contributed by atoms with E-state index < -0.39 is 15.8 Å². The van der Waals surface area contributed by atoms with Crippen LogP contribution < -0.4 is 5.32 Å². The fourth-order valence-electron chi connectivity index (χ4n) is 2.65. The fourth-order valence-corrected chi connectivity index (χ4v) is 2.65. The molecule has 1 rings (SSSR count). The zero-order valence-corrected chi connectivity index (χ0v) is 21.2. The van der Waals surface area contributed by atoms with Gasteiger partial charge in [0.1, 0.15) is 12.3 Å². The monoisotopic (exact) mass is 545 g/mol. The molecule has 0 saturated heterocycles.